The van der Waals surface area contributed by atoms with Gasteiger partial charge in [-0.05, 0) is 128 Å². The fourth-order valence-electron chi connectivity index (χ4n) is 8.80. The summed E-state index contributed by atoms with van der Waals surface area (Å²) in [4.78, 5) is 69.8. The van der Waals surface area contributed by atoms with Crippen LogP contribution in [0.2, 0.25) is 0 Å². The lowest BCUT2D eigenvalue weighted by molar-refractivity contribution is -0.306. The number of hydrogen-bond donors (Lipinski definition) is 9. The molecular weight excluding hydrogens is 919 g/mol. The molecule has 4 aliphatic rings. The van der Waals surface area contributed by atoms with E-state index in [0.29, 0.717) is 25.3 Å². The molecule has 2 unspecified atom stereocenters. The summed E-state index contributed by atoms with van der Waals surface area (Å²) in [6, 6.07) is -4.71. The molecule has 12 atom stereocenters. The Bertz CT molecular complexity index is 1840. The number of carbonyl (C=O) groups is 5. The Labute approximate surface area is 412 Å². The summed E-state index contributed by atoms with van der Waals surface area (Å²) < 4.78 is 41.4. The summed E-state index contributed by atoms with van der Waals surface area (Å²) in [5, 5.41) is 59.7. The predicted octanol–water partition coefficient (Wildman–Crippen LogP) is 1.57. The van der Waals surface area contributed by atoms with Gasteiger partial charge in [-0.2, -0.15) is 0 Å². The van der Waals surface area contributed by atoms with E-state index in [2.05, 4.69) is 21.3 Å². The second-order valence-corrected chi connectivity index (χ2v) is 23.0. The zero-order valence-corrected chi connectivity index (χ0v) is 43.5. The molecule has 2 saturated heterocycles. The highest BCUT2D eigenvalue weighted by atomic mass is 16.7. The van der Waals surface area contributed by atoms with Crippen LogP contribution in [0.15, 0.2) is 11.8 Å². The van der Waals surface area contributed by atoms with Crippen molar-refractivity contribution in [3.05, 3.63) is 11.8 Å². The molecule has 4 rings (SSSR count). The van der Waals surface area contributed by atoms with Crippen LogP contribution in [0.25, 0.3) is 0 Å². The first-order chi connectivity index (χ1) is 32.1. The number of ether oxygens (including phenoxy) is 7. The number of carbonyl (C=O) groups excluding carboxylic acids is 5. The maximum Gasteiger partial charge on any atom is 0.410 e. The Morgan fingerprint density at radius 2 is 1.40 bits per heavy atom. The van der Waals surface area contributed by atoms with Gasteiger partial charge in [-0.1, -0.05) is 0 Å². The summed E-state index contributed by atoms with van der Waals surface area (Å²) in [6.45, 7) is 22.3. The molecule has 3 fully saturated rings. The number of hydrogen-bond acceptors (Lipinski definition) is 18. The lowest BCUT2D eigenvalue weighted by Crippen LogP contribution is -2.71. The van der Waals surface area contributed by atoms with Crippen molar-refractivity contribution in [1.29, 1.82) is 0 Å². The van der Waals surface area contributed by atoms with Crippen LogP contribution >= 0.6 is 0 Å². The van der Waals surface area contributed by atoms with Gasteiger partial charge in [0.15, 0.2) is 6.29 Å². The SMILES string of the molecule is CN(C(=O)OC(C)(C)C)[C@@H]1[C@@H](O)[C@@H](O[C@H]2[C@H](NC(=O)C(O)C3CN(C(=O)OC(C)(C)C)C3)C[C@H](NC(=O)OC(C)(C)C)C([C@H]3OC(CNCCCN)=CC[C@H]3NC(=O)OC(C)(C)C)[C@@H]2O)OC[C@]1(C)O. The highest BCUT2D eigenvalue weighted by Crippen LogP contribution is 2.39. The second-order valence-electron chi connectivity index (χ2n) is 23.0. The van der Waals surface area contributed by atoms with Crippen LogP contribution in [0.1, 0.15) is 109 Å². The fraction of sp³-hybridized carbons (Fsp3) is 0.851. The van der Waals surface area contributed by atoms with E-state index in [-0.39, 0.29) is 32.5 Å². The minimum atomic E-state index is -1.85. The predicted molar refractivity (Wildman–Crippen MR) is 253 cm³/mol. The van der Waals surface area contributed by atoms with Gasteiger partial charge in [0.2, 0.25) is 5.91 Å². The lowest BCUT2D eigenvalue weighted by Gasteiger charge is -2.52. The zero-order valence-electron chi connectivity index (χ0n) is 43.5. The summed E-state index contributed by atoms with van der Waals surface area (Å²) in [6.07, 6.45) is -10.4. The first kappa shape index (κ1) is 58.3. The number of nitrogens with one attached hydrogen (secondary N) is 4. The van der Waals surface area contributed by atoms with E-state index in [0.717, 1.165) is 4.90 Å². The van der Waals surface area contributed by atoms with E-state index < -0.39 is 138 Å². The summed E-state index contributed by atoms with van der Waals surface area (Å²) in [5.41, 5.74) is 0.282. The van der Waals surface area contributed by atoms with Crippen molar-refractivity contribution >= 4 is 30.3 Å². The molecule has 3 heterocycles. The van der Waals surface area contributed by atoms with E-state index >= 15 is 0 Å². The molecule has 0 aromatic heterocycles. The topological polar surface area (TPSA) is 312 Å². The largest absolute Gasteiger partial charge is 0.491 e. The van der Waals surface area contributed by atoms with Crippen LogP contribution < -0.4 is 27.0 Å². The second kappa shape index (κ2) is 23.1. The van der Waals surface area contributed by atoms with Crippen molar-refractivity contribution in [2.24, 2.45) is 17.6 Å². The molecular formula is C47H83N7O16. The molecule has 23 heteroatoms. The number of aliphatic hydroxyl groups excluding tert-OH is 3. The van der Waals surface area contributed by atoms with Gasteiger partial charge in [-0.15, -0.1) is 0 Å². The number of rotatable bonds is 14. The molecule has 1 saturated carbocycles. The number of aliphatic hydroxyl groups is 4. The number of likely N-dealkylation sites (N-methyl/N-ethyl adjacent to an activating group) is 1. The minimum absolute atomic E-state index is 0.00179. The Hall–Kier alpha value is -4.23. The van der Waals surface area contributed by atoms with Crippen LogP contribution in [0, 0.1) is 11.8 Å². The molecule has 5 amide bonds. The van der Waals surface area contributed by atoms with Gasteiger partial charge >= 0.3 is 24.4 Å². The van der Waals surface area contributed by atoms with Crippen LogP contribution in [-0.4, -0.2) is 196 Å². The average Bonchev–Trinajstić information content (AvgIpc) is 3.15. The van der Waals surface area contributed by atoms with Gasteiger partial charge in [0.1, 0.15) is 58.2 Å². The van der Waals surface area contributed by atoms with Gasteiger partial charge in [0, 0.05) is 38.0 Å². The van der Waals surface area contributed by atoms with Crippen molar-refractivity contribution in [2.75, 3.05) is 46.4 Å². The van der Waals surface area contributed by atoms with Crippen molar-refractivity contribution in [1.82, 2.24) is 31.1 Å². The molecule has 70 heavy (non-hydrogen) atoms. The van der Waals surface area contributed by atoms with Gasteiger partial charge in [-0.3, -0.25) is 4.79 Å². The normalized spacial score (nSPS) is 30.3. The number of likely N-dealkylation sites (tertiary alicyclic amines) is 1. The highest BCUT2D eigenvalue weighted by molar-refractivity contribution is 5.82. The van der Waals surface area contributed by atoms with E-state index in [1.54, 1.807) is 89.2 Å². The molecule has 10 N–H and O–H groups in total. The highest BCUT2D eigenvalue weighted by Gasteiger charge is 2.57. The van der Waals surface area contributed by atoms with Crippen LogP contribution in [0.4, 0.5) is 19.2 Å². The molecule has 0 radical (unpaired) electrons. The quantitative estimate of drug-likeness (QED) is 0.0881. The standard InChI is InChI=1S/C47H83N7O16/c1-43(2,3)67-39(59)51-27-17-16-26(21-49-19-15-18-48)65-34(27)30-28(52-40(60)68-44(4,5)6)20-29(50-37(58)31(55)25-22-54(23-25)42(62)70-46(10,11)12)35(32(30)56)66-38-33(57)36(47(13,63)24-64-38)53(14)41(61)69-45(7,8)9/h16,25,27-36,38,49,55-57,63H,15,17-24,48H2,1-14H3,(H,50,58)(H,51,59)(H,52,60)/t27-,28+,29-,30?,31?,32+,33-,34+,35+,36-,38-,47+/m1/s1. The van der Waals surface area contributed by atoms with Crippen LogP contribution in [0.5, 0.6) is 0 Å². The third-order valence-electron chi connectivity index (χ3n) is 11.8. The average molecular weight is 1000 g/mol. The molecule has 23 nitrogen and oxygen atoms in total. The van der Waals surface area contributed by atoms with Gasteiger partial charge in [0.05, 0.1) is 37.4 Å². The van der Waals surface area contributed by atoms with Gasteiger partial charge in [-0.25, -0.2) is 19.2 Å². The number of alkyl carbamates (subject to hydrolysis) is 2. The number of nitrogens with two attached hydrogens (primary N) is 1. The third kappa shape index (κ3) is 16.7. The van der Waals surface area contributed by atoms with Crippen molar-refractivity contribution in [3.63, 3.8) is 0 Å². The summed E-state index contributed by atoms with van der Waals surface area (Å²) >= 11 is 0. The maximum absolute atomic E-state index is 14.1. The van der Waals surface area contributed by atoms with E-state index in [1.807, 2.05) is 0 Å². The monoisotopic (exact) mass is 1000 g/mol. The molecule has 3 aliphatic heterocycles. The van der Waals surface area contributed by atoms with Crippen LogP contribution in [-0.2, 0) is 38.0 Å². The van der Waals surface area contributed by atoms with Gasteiger partial charge in [0.25, 0.3) is 0 Å². The van der Waals surface area contributed by atoms with E-state index in [4.69, 9.17) is 38.9 Å². The number of amides is 5. The Morgan fingerprint density at radius 1 is 0.843 bits per heavy atom. The summed E-state index contributed by atoms with van der Waals surface area (Å²) in [5.74, 6) is -2.37. The Balaban J connectivity index is 1.79. The molecule has 0 spiro atoms. The molecule has 0 bridgehead atoms. The van der Waals surface area contributed by atoms with Crippen molar-refractivity contribution < 1.29 is 77.6 Å². The van der Waals surface area contributed by atoms with Crippen molar-refractivity contribution in [2.45, 2.75) is 198 Å². The van der Waals surface area contributed by atoms with Crippen molar-refractivity contribution in [3.8, 4) is 0 Å². The molecule has 0 aromatic carbocycles. The van der Waals surface area contributed by atoms with E-state index in [9.17, 15) is 44.4 Å². The lowest BCUT2D eigenvalue weighted by atomic mass is 9.72. The zero-order chi connectivity index (χ0) is 52.9. The third-order valence-corrected chi connectivity index (χ3v) is 11.8. The minimum Gasteiger partial charge on any atom is -0.491 e. The first-order valence-corrected chi connectivity index (χ1v) is 24.1. The van der Waals surface area contributed by atoms with E-state index in [1.165, 1.54) is 18.9 Å². The Kier molecular flexibility index (Phi) is 19.3. The molecule has 402 valence electrons. The molecule has 1 aliphatic carbocycles. The fourth-order valence-corrected chi connectivity index (χ4v) is 8.80. The number of nitrogens with zero attached hydrogens (tertiary/aromatic N) is 2. The summed E-state index contributed by atoms with van der Waals surface area (Å²) in [7, 11) is 1.33. The van der Waals surface area contributed by atoms with Gasteiger partial charge < -0.3 is 90.4 Å². The molecule has 0 aromatic rings. The van der Waals surface area contributed by atoms with Crippen LogP contribution in [0.3, 0.4) is 0 Å². The smallest absolute Gasteiger partial charge is 0.410 e. The first-order valence-electron chi connectivity index (χ1n) is 24.1. The maximum atomic E-state index is 14.1. The Morgan fingerprint density at radius 3 is 1.94 bits per heavy atom.